The largest absolute Gasteiger partial charge is 0.507 e. The standard InChI is InChI=1S/C19H28O2.C3H6/c1-4-5-6-7-15-11-17(20)19(18(21)12-15)16-10-13(2)8-9-14(16)3;1-3-2/h10-12,14,16,20-21H,4-9H2,1-3H3;3H,1H2,2H3/t14-,16-;/m1./s1. The van der Waals surface area contributed by atoms with Crippen LogP contribution in [-0.2, 0) is 6.42 Å². The molecule has 2 N–H and O–H groups in total. The van der Waals surface area contributed by atoms with E-state index in [1.54, 1.807) is 6.08 Å². The summed E-state index contributed by atoms with van der Waals surface area (Å²) < 4.78 is 0. The van der Waals surface area contributed by atoms with Gasteiger partial charge in [-0.05, 0) is 63.1 Å². The zero-order chi connectivity index (χ0) is 18.1. The van der Waals surface area contributed by atoms with Crippen LogP contribution in [0.1, 0.15) is 76.8 Å². The maximum absolute atomic E-state index is 10.4. The molecule has 1 aliphatic rings. The van der Waals surface area contributed by atoms with Gasteiger partial charge in [0.05, 0.1) is 0 Å². The van der Waals surface area contributed by atoms with Crippen molar-refractivity contribution in [2.24, 2.45) is 5.92 Å². The molecule has 0 amide bonds. The molecule has 134 valence electrons. The first-order valence-electron chi connectivity index (χ1n) is 9.23. The first-order chi connectivity index (χ1) is 11.4. The van der Waals surface area contributed by atoms with Crippen molar-refractivity contribution in [1.29, 1.82) is 0 Å². The molecule has 1 aromatic rings. The van der Waals surface area contributed by atoms with Gasteiger partial charge in [-0.25, -0.2) is 0 Å². The Kier molecular flexibility index (Phi) is 8.67. The second-order valence-corrected chi connectivity index (χ2v) is 6.97. The second-order valence-electron chi connectivity index (χ2n) is 6.97. The summed E-state index contributed by atoms with van der Waals surface area (Å²) in [6.07, 6.45) is 10.6. The molecule has 1 aromatic carbocycles. The van der Waals surface area contributed by atoms with Gasteiger partial charge in [-0.1, -0.05) is 44.4 Å². The van der Waals surface area contributed by atoms with Gasteiger partial charge < -0.3 is 10.2 Å². The van der Waals surface area contributed by atoms with E-state index in [4.69, 9.17) is 0 Å². The van der Waals surface area contributed by atoms with E-state index >= 15 is 0 Å². The molecule has 0 saturated carbocycles. The number of phenols is 2. The molecule has 0 saturated heterocycles. The van der Waals surface area contributed by atoms with Gasteiger partial charge in [0.25, 0.3) is 0 Å². The number of rotatable bonds is 5. The van der Waals surface area contributed by atoms with Crippen molar-refractivity contribution < 1.29 is 10.2 Å². The average molecular weight is 331 g/mol. The average Bonchev–Trinajstić information content (AvgIpc) is 2.51. The fourth-order valence-electron chi connectivity index (χ4n) is 3.30. The summed E-state index contributed by atoms with van der Waals surface area (Å²) in [4.78, 5) is 0. The SMILES string of the molecule is C=CC.CCCCCc1cc(O)c([C@@H]2C=C(C)CC[C@H]2C)c(O)c1. The Hall–Kier alpha value is -1.70. The number of hydrogen-bond acceptors (Lipinski definition) is 2. The van der Waals surface area contributed by atoms with Crippen LogP contribution >= 0.6 is 0 Å². The molecule has 2 rings (SSSR count). The third-order valence-corrected chi connectivity index (χ3v) is 4.67. The summed E-state index contributed by atoms with van der Waals surface area (Å²) in [6.45, 7) is 11.8. The van der Waals surface area contributed by atoms with Crippen LogP contribution < -0.4 is 0 Å². The van der Waals surface area contributed by atoms with Crippen LogP contribution in [0.3, 0.4) is 0 Å². The third-order valence-electron chi connectivity index (χ3n) is 4.67. The Morgan fingerprint density at radius 2 is 1.79 bits per heavy atom. The first-order valence-corrected chi connectivity index (χ1v) is 9.23. The third kappa shape index (κ3) is 5.74. The highest BCUT2D eigenvalue weighted by molar-refractivity contribution is 5.51. The predicted molar refractivity (Wildman–Crippen MR) is 104 cm³/mol. The lowest BCUT2D eigenvalue weighted by molar-refractivity contribution is 0.397. The highest BCUT2D eigenvalue weighted by Crippen LogP contribution is 2.44. The van der Waals surface area contributed by atoms with Crippen LogP contribution in [0.5, 0.6) is 11.5 Å². The van der Waals surface area contributed by atoms with Crippen molar-refractivity contribution in [3.8, 4) is 11.5 Å². The van der Waals surface area contributed by atoms with Crippen LogP contribution in [0.15, 0.2) is 36.4 Å². The van der Waals surface area contributed by atoms with E-state index in [1.807, 2.05) is 19.1 Å². The number of allylic oxidation sites excluding steroid dienone is 3. The molecule has 24 heavy (non-hydrogen) atoms. The first kappa shape index (κ1) is 20.3. The minimum Gasteiger partial charge on any atom is -0.507 e. The summed E-state index contributed by atoms with van der Waals surface area (Å²) in [6, 6.07) is 3.68. The second kappa shape index (κ2) is 10.2. The number of aryl methyl sites for hydroxylation is 1. The van der Waals surface area contributed by atoms with Gasteiger partial charge in [0.1, 0.15) is 11.5 Å². The van der Waals surface area contributed by atoms with E-state index in [2.05, 4.69) is 33.4 Å². The minimum atomic E-state index is 0.128. The molecule has 0 heterocycles. The quantitative estimate of drug-likeness (QED) is 0.479. The van der Waals surface area contributed by atoms with E-state index in [9.17, 15) is 10.2 Å². The molecule has 2 nitrogen and oxygen atoms in total. The lowest BCUT2D eigenvalue weighted by Gasteiger charge is -2.28. The van der Waals surface area contributed by atoms with Gasteiger partial charge in [0.2, 0.25) is 0 Å². The predicted octanol–water partition coefficient (Wildman–Crippen LogP) is 6.48. The summed E-state index contributed by atoms with van der Waals surface area (Å²) in [5, 5.41) is 20.8. The Labute approximate surface area is 147 Å². The molecule has 0 unspecified atom stereocenters. The molecule has 0 aliphatic heterocycles. The van der Waals surface area contributed by atoms with Crippen molar-refractivity contribution in [2.75, 3.05) is 0 Å². The molecular formula is C22H34O2. The summed E-state index contributed by atoms with van der Waals surface area (Å²) in [5.74, 6) is 1.09. The van der Waals surface area contributed by atoms with E-state index in [0.29, 0.717) is 11.5 Å². The lowest BCUT2D eigenvalue weighted by Crippen LogP contribution is -2.13. The maximum Gasteiger partial charge on any atom is 0.123 e. The van der Waals surface area contributed by atoms with E-state index in [-0.39, 0.29) is 17.4 Å². The molecule has 0 bridgehead atoms. The van der Waals surface area contributed by atoms with Crippen molar-refractivity contribution >= 4 is 0 Å². The maximum atomic E-state index is 10.4. The van der Waals surface area contributed by atoms with Crippen molar-refractivity contribution in [2.45, 2.75) is 72.1 Å². The van der Waals surface area contributed by atoms with Gasteiger partial charge in [-0.3, -0.25) is 0 Å². The molecule has 1 aliphatic carbocycles. The molecule has 0 radical (unpaired) electrons. The Bertz CT molecular complexity index is 534. The topological polar surface area (TPSA) is 40.5 Å². The van der Waals surface area contributed by atoms with Gasteiger partial charge in [0, 0.05) is 11.5 Å². The summed E-state index contributed by atoms with van der Waals surface area (Å²) in [5.41, 5.74) is 3.09. The Morgan fingerprint density at radius 3 is 2.33 bits per heavy atom. The van der Waals surface area contributed by atoms with E-state index in [0.717, 1.165) is 31.2 Å². The van der Waals surface area contributed by atoms with Gasteiger partial charge in [-0.2, -0.15) is 0 Å². The van der Waals surface area contributed by atoms with Crippen LogP contribution in [-0.4, -0.2) is 10.2 Å². The molecular weight excluding hydrogens is 296 g/mol. The van der Waals surface area contributed by atoms with Crippen LogP contribution in [0.4, 0.5) is 0 Å². The van der Waals surface area contributed by atoms with Gasteiger partial charge in [-0.15, -0.1) is 6.58 Å². The van der Waals surface area contributed by atoms with Crippen LogP contribution in [0.25, 0.3) is 0 Å². The van der Waals surface area contributed by atoms with Crippen LogP contribution in [0.2, 0.25) is 0 Å². The zero-order valence-electron chi connectivity index (χ0n) is 15.8. The summed E-state index contributed by atoms with van der Waals surface area (Å²) in [7, 11) is 0. The number of hydrogen-bond donors (Lipinski definition) is 2. The van der Waals surface area contributed by atoms with Gasteiger partial charge >= 0.3 is 0 Å². The number of aromatic hydroxyl groups is 2. The highest BCUT2D eigenvalue weighted by Gasteiger charge is 2.26. The van der Waals surface area contributed by atoms with E-state index < -0.39 is 0 Å². The zero-order valence-corrected chi connectivity index (χ0v) is 15.8. The van der Waals surface area contributed by atoms with Crippen molar-refractivity contribution in [3.63, 3.8) is 0 Å². The van der Waals surface area contributed by atoms with E-state index in [1.165, 1.54) is 18.4 Å². The smallest absolute Gasteiger partial charge is 0.123 e. The number of benzene rings is 1. The molecule has 2 atom stereocenters. The van der Waals surface area contributed by atoms with Crippen molar-refractivity contribution in [3.05, 3.63) is 47.6 Å². The number of phenolic OH excluding ortho intramolecular Hbond substituents is 2. The monoisotopic (exact) mass is 330 g/mol. The highest BCUT2D eigenvalue weighted by atomic mass is 16.3. The fraction of sp³-hybridized carbons (Fsp3) is 0.545. The Balaban J connectivity index is 0.000000891. The molecule has 0 spiro atoms. The van der Waals surface area contributed by atoms with Crippen molar-refractivity contribution in [1.82, 2.24) is 0 Å². The Morgan fingerprint density at radius 1 is 1.21 bits per heavy atom. The van der Waals surface area contributed by atoms with Crippen LogP contribution in [0, 0.1) is 5.92 Å². The lowest BCUT2D eigenvalue weighted by atomic mass is 9.77. The molecule has 0 fully saturated rings. The normalized spacial score (nSPS) is 19.9. The molecule has 0 aromatic heterocycles. The fourth-order valence-corrected chi connectivity index (χ4v) is 3.30. The minimum absolute atomic E-state index is 0.128. The summed E-state index contributed by atoms with van der Waals surface area (Å²) >= 11 is 0. The molecule has 2 heteroatoms. The number of unbranched alkanes of at least 4 members (excludes halogenated alkanes) is 2. The van der Waals surface area contributed by atoms with Gasteiger partial charge in [0.15, 0.2) is 0 Å².